The van der Waals surface area contributed by atoms with Crippen molar-refractivity contribution in [3.05, 3.63) is 65.5 Å². The van der Waals surface area contributed by atoms with Crippen LogP contribution in [0.3, 0.4) is 0 Å². The first kappa shape index (κ1) is 22.2. The third kappa shape index (κ3) is 5.17. The van der Waals surface area contributed by atoms with Crippen LogP contribution in [-0.4, -0.2) is 38.8 Å². The topological polar surface area (TPSA) is 75.7 Å². The second kappa shape index (κ2) is 9.57. The first-order chi connectivity index (χ1) is 14.3. The molecule has 1 aliphatic rings. The molecule has 0 bridgehead atoms. The van der Waals surface area contributed by atoms with Crippen molar-refractivity contribution in [3.8, 4) is 5.75 Å². The minimum absolute atomic E-state index is 0.0976. The van der Waals surface area contributed by atoms with Gasteiger partial charge in [-0.3, -0.25) is 4.79 Å². The molecule has 2 aromatic rings. The monoisotopic (exact) mass is 434 g/mol. The smallest absolute Gasteiger partial charge is 0.223 e. The number of rotatable bonds is 7. The lowest BCUT2D eigenvalue weighted by Crippen LogP contribution is -2.43. The number of sulfonamides is 1. The third-order valence-corrected chi connectivity index (χ3v) is 7.31. The highest BCUT2D eigenvalue weighted by molar-refractivity contribution is 7.88. The number of para-hydroxylation sites is 1. The van der Waals surface area contributed by atoms with Crippen molar-refractivity contribution in [2.75, 3.05) is 20.2 Å². The van der Waals surface area contributed by atoms with Gasteiger partial charge in [0.25, 0.3) is 0 Å². The lowest BCUT2D eigenvalue weighted by molar-refractivity contribution is -0.126. The van der Waals surface area contributed by atoms with Crippen LogP contribution in [0.5, 0.6) is 5.75 Å². The third-order valence-electron chi connectivity index (χ3n) is 5.48. The van der Waals surface area contributed by atoms with E-state index in [-0.39, 0.29) is 42.3 Å². The van der Waals surface area contributed by atoms with Gasteiger partial charge in [0.05, 0.1) is 18.9 Å². The number of methoxy groups -OCH3 is 1. The number of hydrogen-bond donors (Lipinski definition) is 1. The van der Waals surface area contributed by atoms with Crippen LogP contribution in [0.2, 0.25) is 0 Å². The number of piperidine rings is 1. The number of nitrogens with one attached hydrogen (secondary N) is 1. The van der Waals surface area contributed by atoms with Gasteiger partial charge >= 0.3 is 0 Å². The van der Waals surface area contributed by atoms with E-state index in [0.29, 0.717) is 18.6 Å². The molecular weight excluding hydrogens is 407 g/mol. The Hall–Kier alpha value is -2.45. The minimum Gasteiger partial charge on any atom is -0.496 e. The average molecular weight is 435 g/mol. The summed E-state index contributed by atoms with van der Waals surface area (Å²) in [6, 6.07) is 13.2. The van der Waals surface area contributed by atoms with Crippen molar-refractivity contribution in [1.29, 1.82) is 0 Å². The summed E-state index contributed by atoms with van der Waals surface area (Å²) in [5, 5.41) is 3.00. The molecule has 0 aliphatic carbocycles. The molecule has 1 saturated heterocycles. The molecule has 1 amide bonds. The van der Waals surface area contributed by atoms with Crippen LogP contribution < -0.4 is 10.1 Å². The van der Waals surface area contributed by atoms with Crippen molar-refractivity contribution in [1.82, 2.24) is 9.62 Å². The molecule has 1 unspecified atom stereocenters. The fourth-order valence-electron chi connectivity index (χ4n) is 3.73. The second-order valence-electron chi connectivity index (χ2n) is 7.49. The van der Waals surface area contributed by atoms with Crippen molar-refractivity contribution in [2.45, 2.75) is 31.6 Å². The predicted octanol–water partition coefficient (Wildman–Crippen LogP) is 3.25. The molecule has 30 heavy (non-hydrogen) atoms. The van der Waals surface area contributed by atoms with E-state index in [0.717, 1.165) is 5.56 Å². The molecule has 1 aliphatic heterocycles. The second-order valence-corrected chi connectivity index (χ2v) is 9.46. The van der Waals surface area contributed by atoms with Crippen LogP contribution in [0.1, 0.15) is 36.9 Å². The van der Waals surface area contributed by atoms with Crippen LogP contribution in [-0.2, 0) is 20.6 Å². The number of nitrogens with zero attached hydrogens (tertiary/aromatic N) is 1. The molecule has 1 heterocycles. The predicted molar refractivity (Wildman–Crippen MR) is 113 cm³/mol. The standard InChI is InChI=1S/C22H27FN2O4S/c1-16(19-8-4-6-10-21(19)29-2)24-22(26)17-11-13-25(14-12-17)30(27,28)15-18-7-3-5-9-20(18)23/h3-10,16-17H,11-15H2,1-2H3,(H,24,26). The Morgan fingerprint density at radius 2 is 1.80 bits per heavy atom. The number of halogens is 1. The quantitative estimate of drug-likeness (QED) is 0.726. The van der Waals surface area contributed by atoms with E-state index in [9.17, 15) is 17.6 Å². The highest BCUT2D eigenvalue weighted by atomic mass is 32.2. The lowest BCUT2D eigenvalue weighted by atomic mass is 9.96. The summed E-state index contributed by atoms with van der Waals surface area (Å²) < 4.78 is 45.9. The van der Waals surface area contributed by atoms with Gasteiger partial charge in [-0.25, -0.2) is 17.1 Å². The van der Waals surface area contributed by atoms with Gasteiger partial charge < -0.3 is 10.1 Å². The van der Waals surface area contributed by atoms with E-state index in [1.807, 2.05) is 31.2 Å². The van der Waals surface area contributed by atoms with E-state index in [2.05, 4.69) is 5.32 Å². The van der Waals surface area contributed by atoms with Gasteiger partial charge in [0.2, 0.25) is 15.9 Å². The van der Waals surface area contributed by atoms with Crippen LogP contribution in [0, 0.1) is 11.7 Å². The van der Waals surface area contributed by atoms with Crippen LogP contribution in [0.25, 0.3) is 0 Å². The molecule has 1 fully saturated rings. The highest BCUT2D eigenvalue weighted by Crippen LogP contribution is 2.27. The first-order valence-corrected chi connectivity index (χ1v) is 11.6. The first-order valence-electron chi connectivity index (χ1n) is 9.96. The zero-order valence-corrected chi connectivity index (χ0v) is 18.0. The number of carbonyl (C=O) groups is 1. The van der Waals surface area contributed by atoms with Crippen molar-refractivity contribution >= 4 is 15.9 Å². The molecule has 8 heteroatoms. The van der Waals surface area contributed by atoms with Gasteiger partial charge in [0.1, 0.15) is 11.6 Å². The van der Waals surface area contributed by atoms with Crippen LogP contribution >= 0.6 is 0 Å². The van der Waals surface area contributed by atoms with Gasteiger partial charge in [0.15, 0.2) is 0 Å². The Morgan fingerprint density at radius 3 is 2.47 bits per heavy atom. The maximum atomic E-state index is 13.8. The maximum Gasteiger partial charge on any atom is 0.223 e. The summed E-state index contributed by atoms with van der Waals surface area (Å²) in [6.45, 7) is 2.39. The highest BCUT2D eigenvalue weighted by Gasteiger charge is 2.32. The van der Waals surface area contributed by atoms with Crippen LogP contribution in [0.4, 0.5) is 4.39 Å². The summed E-state index contributed by atoms with van der Waals surface area (Å²) >= 11 is 0. The van der Waals surface area contributed by atoms with E-state index in [4.69, 9.17) is 4.74 Å². The fourth-order valence-corrected chi connectivity index (χ4v) is 5.31. The molecule has 0 radical (unpaired) electrons. The zero-order valence-electron chi connectivity index (χ0n) is 17.2. The molecule has 1 atom stereocenters. The van der Waals surface area contributed by atoms with Gasteiger partial charge in [-0.15, -0.1) is 0 Å². The Labute approximate surface area is 177 Å². The molecule has 162 valence electrons. The molecule has 3 rings (SSSR count). The van der Waals surface area contributed by atoms with Crippen molar-refractivity contribution < 1.29 is 22.3 Å². The van der Waals surface area contributed by atoms with E-state index in [1.165, 1.54) is 22.5 Å². The molecular formula is C22H27FN2O4S. The Bertz CT molecular complexity index is 988. The SMILES string of the molecule is COc1ccccc1C(C)NC(=O)C1CCN(S(=O)(=O)Cc2ccccc2F)CC1. The van der Waals surface area contributed by atoms with Gasteiger partial charge in [0, 0.05) is 30.1 Å². The van der Waals surface area contributed by atoms with Gasteiger partial charge in [-0.2, -0.15) is 0 Å². The fraction of sp³-hybridized carbons (Fsp3) is 0.409. The maximum absolute atomic E-state index is 13.8. The molecule has 0 aromatic heterocycles. The molecule has 0 saturated carbocycles. The molecule has 1 N–H and O–H groups in total. The summed E-state index contributed by atoms with van der Waals surface area (Å²) in [7, 11) is -2.05. The van der Waals surface area contributed by atoms with Gasteiger partial charge in [-0.1, -0.05) is 36.4 Å². The van der Waals surface area contributed by atoms with E-state index >= 15 is 0 Å². The van der Waals surface area contributed by atoms with E-state index in [1.54, 1.807) is 13.2 Å². The summed E-state index contributed by atoms with van der Waals surface area (Å²) in [5.41, 5.74) is 1.04. The number of hydrogen-bond acceptors (Lipinski definition) is 4. The number of carbonyl (C=O) groups excluding carboxylic acids is 1. The summed E-state index contributed by atoms with van der Waals surface area (Å²) in [6.07, 6.45) is 0.863. The largest absolute Gasteiger partial charge is 0.496 e. The van der Waals surface area contributed by atoms with Crippen molar-refractivity contribution in [3.63, 3.8) is 0 Å². The Balaban J connectivity index is 1.57. The van der Waals surface area contributed by atoms with Crippen molar-refractivity contribution in [2.24, 2.45) is 5.92 Å². The zero-order chi connectivity index (χ0) is 21.7. The number of benzene rings is 2. The molecule has 0 spiro atoms. The number of amides is 1. The summed E-state index contributed by atoms with van der Waals surface area (Å²) in [5.74, 6) is -0.553. The molecule has 6 nitrogen and oxygen atoms in total. The van der Waals surface area contributed by atoms with Gasteiger partial charge in [-0.05, 0) is 31.9 Å². The number of ether oxygens (including phenoxy) is 1. The summed E-state index contributed by atoms with van der Waals surface area (Å²) in [4.78, 5) is 12.7. The van der Waals surface area contributed by atoms with Crippen LogP contribution in [0.15, 0.2) is 48.5 Å². The average Bonchev–Trinajstić information content (AvgIpc) is 2.75. The molecule has 2 aromatic carbocycles. The lowest BCUT2D eigenvalue weighted by Gasteiger charge is -2.31. The normalized spacial score (nSPS) is 16.8. The Kier molecular flexibility index (Phi) is 7.10. The Morgan fingerprint density at radius 1 is 1.17 bits per heavy atom. The van der Waals surface area contributed by atoms with E-state index < -0.39 is 15.8 Å². The minimum atomic E-state index is -3.64.